The molecule has 20 heteroatoms. The molecule has 0 spiro atoms. The molecule has 8 aromatic rings. The Hall–Kier alpha value is -9.33. The van der Waals surface area contributed by atoms with Crippen molar-refractivity contribution in [2.75, 3.05) is 115 Å². The van der Waals surface area contributed by atoms with Crippen molar-refractivity contribution in [2.45, 2.75) is 81.1 Å². The quantitative estimate of drug-likeness (QED) is 0.0963. The van der Waals surface area contributed by atoms with Crippen LogP contribution in [0.4, 0.5) is 28.6 Å². The van der Waals surface area contributed by atoms with E-state index in [2.05, 4.69) is 131 Å². The summed E-state index contributed by atoms with van der Waals surface area (Å²) in [5.74, 6) is 3.13. The third-order valence-electron chi connectivity index (χ3n) is 21.1. The van der Waals surface area contributed by atoms with Crippen LogP contribution in [0, 0.1) is 27.7 Å². The molecule has 0 atom stereocenters. The number of aryl methyl sites for hydroxylation is 4. The van der Waals surface area contributed by atoms with Crippen LogP contribution in [0.2, 0.25) is 0 Å². The fourth-order valence-electron chi connectivity index (χ4n) is 16.7. The van der Waals surface area contributed by atoms with E-state index >= 15 is 17.3 Å². The summed E-state index contributed by atoms with van der Waals surface area (Å²) in [7, 11) is 0. The van der Waals surface area contributed by atoms with Gasteiger partial charge in [-0.3, -0.25) is 0 Å². The molecule has 0 amide bonds. The van der Waals surface area contributed by atoms with Crippen LogP contribution in [0.1, 0.15) is 117 Å². The number of aromatic nitrogens is 2. The molecule has 0 unspecified atom stereocenters. The van der Waals surface area contributed by atoms with Crippen LogP contribution in [0.15, 0.2) is 168 Å². The fourth-order valence-corrected chi connectivity index (χ4v) is 16.7. The van der Waals surface area contributed by atoms with Gasteiger partial charge in [0.1, 0.15) is 60.8 Å². The lowest BCUT2D eigenvalue weighted by atomic mass is 9.84. The summed E-state index contributed by atoms with van der Waals surface area (Å²) in [5, 5.41) is 0. The second-order valence-corrected chi connectivity index (χ2v) is 27.9. The third-order valence-corrected chi connectivity index (χ3v) is 21.1. The van der Waals surface area contributed by atoms with Crippen LogP contribution in [0.5, 0.6) is 23.0 Å². The van der Waals surface area contributed by atoms with Gasteiger partial charge in [0.15, 0.2) is 11.4 Å². The molecule has 6 aromatic carbocycles. The Balaban J connectivity index is 0.717. The number of allylic oxidation sites excluding steroid dienone is 4. The van der Waals surface area contributed by atoms with Crippen LogP contribution < -0.4 is 28.7 Å². The maximum Gasteiger partial charge on any atom is 0.737 e. The summed E-state index contributed by atoms with van der Waals surface area (Å²) in [6.45, 7) is 12.8. The van der Waals surface area contributed by atoms with Gasteiger partial charge in [0.2, 0.25) is 0 Å². The zero-order valence-corrected chi connectivity index (χ0v) is 59.6. The third kappa shape index (κ3) is 12.8. The Bertz CT molecular complexity index is 4290. The van der Waals surface area contributed by atoms with E-state index in [9.17, 15) is 0 Å². The number of hydrogen-bond donors (Lipinski definition) is 0. The highest BCUT2D eigenvalue weighted by atomic mass is 19.3. The molecule has 0 saturated carbocycles. The van der Waals surface area contributed by atoms with Gasteiger partial charge in [-0.05, 0) is 156 Å². The normalized spacial score (nSPS) is 19.0. The number of rotatable bonds is 4. The molecule has 0 saturated heterocycles. The molecule has 0 radical (unpaired) electrons. The maximum atomic E-state index is 16.6. The average molecular weight is 1380 g/mol. The number of para-hydroxylation sites is 4. The van der Waals surface area contributed by atoms with Crippen molar-refractivity contribution >= 4 is 47.9 Å². The van der Waals surface area contributed by atoms with Crippen LogP contribution in [0.25, 0.3) is 11.1 Å². The van der Waals surface area contributed by atoms with Gasteiger partial charge in [0.05, 0.1) is 64.0 Å². The molecule has 9 aliphatic rings. The van der Waals surface area contributed by atoms with Crippen LogP contribution >= 0.6 is 0 Å². The molecular weight excluding hydrogens is 1290 g/mol. The molecule has 2 aromatic heterocycles. The zero-order chi connectivity index (χ0) is 70.6. The first-order valence-electron chi connectivity index (χ1n) is 35.9. The van der Waals surface area contributed by atoms with Crippen molar-refractivity contribution in [2.24, 2.45) is 0 Å². The topological polar surface area (TPSA) is 96.2 Å². The van der Waals surface area contributed by atoms with E-state index in [0.717, 1.165) is 123 Å². The minimum absolute atomic E-state index is 0.288. The first kappa shape index (κ1) is 68.4. The monoisotopic (exact) mass is 1380 g/mol. The van der Waals surface area contributed by atoms with Crippen molar-refractivity contribution in [3.05, 3.63) is 258 Å². The molecule has 1 aliphatic carbocycles. The summed E-state index contributed by atoms with van der Waals surface area (Å²) in [4.78, 5) is 4.50. The molecule has 17 rings (SSSR count). The van der Waals surface area contributed by atoms with E-state index < -0.39 is 13.9 Å². The number of fused-ring (bicyclic) bond motifs is 28. The van der Waals surface area contributed by atoms with Crippen molar-refractivity contribution in [3.63, 3.8) is 0 Å². The summed E-state index contributed by atoms with van der Waals surface area (Å²) in [5.41, 5.74) is 20.8. The second-order valence-electron chi connectivity index (χ2n) is 27.9. The van der Waals surface area contributed by atoms with Gasteiger partial charge in [-0.25, -0.2) is 0 Å². The standard InChI is InChI=1S/C82H88B2F4N6O8/c1-53-45-57(5)91-75(53)73(76-54(2)46-58(6)92(76)83(91,85)86)61-21-25-71(26-22-61)89-29-33-95-37-41-99-79-63-13-9-14-64(79)50-68-18-12-20-70-52-66-16-10-15-65(80(66)100-42-38-96-34-30-89)51-69-19-11-17-67(49-63)81(69)101-43-39-97-35-31-90(32-36-98-40-44-102-82(68)70)72-27-23-62(24-28-72)74-77-55(3)47-59(7)93(77)84(87,88)94-60(8)48-56(4)78(74)94/h9-28,45-48H,29-44,49-52H2,1-8H3. The van der Waals surface area contributed by atoms with Crippen molar-refractivity contribution in [1.82, 2.24) is 8.96 Å². The number of halogens is 4. The molecule has 14 nitrogen and oxygen atoms in total. The smallest absolute Gasteiger partial charge is 0.491 e. The van der Waals surface area contributed by atoms with E-state index in [0.29, 0.717) is 150 Å². The lowest BCUT2D eigenvalue weighted by Crippen LogP contribution is -2.51. The highest BCUT2D eigenvalue weighted by molar-refractivity contribution is 6.59. The van der Waals surface area contributed by atoms with E-state index in [4.69, 9.17) is 37.9 Å². The molecule has 12 bridgehead atoms. The Morgan fingerprint density at radius 3 is 0.892 bits per heavy atom. The molecule has 10 heterocycles. The number of hydrogen-bond acceptors (Lipinski definition) is 10. The Morgan fingerprint density at radius 1 is 0.343 bits per heavy atom. The van der Waals surface area contributed by atoms with Crippen LogP contribution in [-0.2, 0) is 44.6 Å². The van der Waals surface area contributed by atoms with Gasteiger partial charge >= 0.3 is 13.9 Å². The Labute approximate surface area is 595 Å². The highest BCUT2D eigenvalue weighted by Gasteiger charge is 2.57. The number of benzene rings is 6. The molecular formula is C82H88B2F4N6O8. The lowest BCUT2D eigenvalue weighted by Gasteiger charge is -2.34. The zero-order valence-electron chi connectivity index (χ0n) is 59.6. The second kappa shape index (κ2) is 28.5. The van der Waals surface area contributed by atoms with Gasteiger partial charge in [-0.2, -0.15) is 0 Å². The summed E-state index contributed by atoms with van der Waals surface area (Å²) in [6.07, 6.45) is 5.75. The Kier molecular flexibility index (Phi) is 19.1. The minimum Gasteiger partial charge on any atom is -0.491 e. The Morgan fingerprint density at radius 2 is 0.618 bits per heavy atom. The van der Waals surface area contributed by atoms with E-state index in [1.165, 1.54) is 17.9 Å². The van der Waals surface area contributed by atoms with Gasteiger partial charge < -0.3 is 82.9 Å². The van der Waals surface area contributed by atoms with Crippen LogP contribution in [0.3, 0.4) is 0 Å². The lowest BCUT2D eigenvalue weighted by molar-refractivity contribution is -0.364. The van der Waals surface area contributed by atoms with Crippen molar-refractivity contribution in [1.29, 1.82) is 0 Å². The highest BCUT2D eigenvalue weighted by Crippen LogP contribution is 2.47. The van der Waals surface area contributed by atoms with Gasteiger partial charge in [-0.15, -0.1) is 0 Å². The maximum absolute atomic E-state index is 16.6. The molecule has 102 heavy (non-hydrogen) atoms. The number of nitrogens with zero attached hydrogens (tertiary/aromatic N) is 6. The fraction of sp³-hybridized carbons (Fsp3) is 0.341. The number of ether oxygens (including phenoxy) is 8. The van der Waals surface area contributed by atoms with Gasteiger partial charge in [-0.1, -0.05) is 97.1 Å². The first-order chi connectivity index (χ1) is 49.4. The summed E-state index contributed by atoms with van der Waals surface area (Å²) >= 11 is 0. The molecule has 528 valence electrons. The van der Waals surface area contributed by atoms with Crippen molar-refractivity contribution < 1.29 is 64.1 Å². The molecule has 0 fully saturated rings. The van der Waals surface area contributed by atoms with Gasteiger partial charge in [0, 0.05) is 112 Å². The SMILES string of the molecule is CC1=CC(C)=[N+]2C1=C(c1ccc(N3CCOCCOc4c5cccc4Cc4cccc6c4OCCOCCN(c4ccc(C7=C8C(C)=CC(C)=[N+]8[B-](F)(F)n8c(C)cc(C)c87)cc4)CCOCCOc4c(cccc4Cc4cccc(c4OCCOCC3)C6)C5)cc1)c1c(C)cc(C)n1[B-]2(F)F. The number of anilines is 2. The predicted octanol–water partition coefficient (Wildman–Crippen LogP) is 14.7. The minimum atomic E-state index is -4.10. The average Bonchev–Trinajstić information content (AvgIpc) is 1.53. The largest absolute Gasteiger partial charge is 0.737 e. The summed E-state index contributed by atoms with van der Waals surface area (Å²) in [6, 6.07) is 45.8. The van der Waals surface area contributed by atoms with E-state index in [-0.39, 0.29) is 26.4 Å². The summed E-state index contributed by atoms with van der Waals surface area (Å²) < 4.78 is 125. The predicted molar refractivity (Wildman–Crippen MR) is 396 cm³/mol. The van der Waals surface area contributed by atoms with Crippen molar-refractivity contribution in [3.8, 4) is 23.0 Å². The van der Waals surface area contributed by atoms with Crippen LogP contribution in [-0.4, -0.2) is 149 Å². The van der Waals surface area contributed by atoms with E-state index in [1.54, 1.807) is 27.7 Å². The first-order valence-corrected chi connectivity index (χ1v) is 35.9. The van der Waals surface area contributed by atoms with Gasteiger partial charge in [0.25, 0.3) is 0 Å². The molecule has 0 N–H and O–H groups in total. The molecule has 8 aliphatic heterocycles. The van der Waals surface area contributed by atoms with E-state index in [1.807, 2.05) is 52.0 Å².